The molecule has 90 valence electrons. The van der Waals surface area contributed by atoms with Crippen LogP contribution in [0, 0.1) is 6.92 Å². The molecule has 1 saturated carbocycles. The summed E-state index contributed by atoms with van der Waals surface area (Å²) in [4.78, 5) is 4.43. The van der Waals surface area contributed by atoms with E-state index < -0.39 is 0 Å². The van der Waals surface area contributed by atoms with Crippen molar-refractivity contribution in [3.05, 3.63) is 21.6 Å². The smallest absolute Gasteiger partial charge is 0.142 e. The number of thiazole rings is 1. The highest BCUT2D eigenvalue weighted by molar-refractivity contribution is 7.10. The third kappa shape index (κ3) is 2.28. The molecule has 3 rings (SSSR count). The molecular weight excluding hydrogens is 252 g/mol. The molecule has 1 aliphatic carbocycles. The fourth-order valence-electron chi connectivity index (χ4n) is 1.86. The summed E-state index contributed by atoms with van der Waals surface area (Å²) in [5.41, 5.74) is 8.21. The van der Waals surface area contributed by atoms with E-state index in [1.165, 1.54) is 29.9 Å². The molecule has 2 aromatic rings. The summed E-state index contributed by atoms with van der Waals surface area (Å²) in [6.45, 7) is 2.78. The van der Waals surface area contributed by atoms with E-state index in [9.17, 15) is 0 Å². The van der Waals surface area contributed by atoms with Crippen LogP contribution in [-0.4, -0.2) is 9.36 Å². The Bertz CT molecular complexity index is 527. The number of rotatable bonds is 4. The summed E-state index contributed by atoms with van der Waals surface area (Å²) in [6.07, 6.45) is 2.49. The fourth-order valence-corrected chi connectivity index (χ4v) is 3.27. The van der Waals surface area contributed by atoms with E-state index in [1.54, 1.807) is 11.3 Å². The largest absolute Gasteiger partial charge is 0.383 e. The van der Waals surface area contributed by atoms with Crippen LogP contribution in [0.3, 0.4) is 0 Å². The average molecular weight is 266 g/mol. The Balaban J connectivity index is 1.72. The second-order valence-electron chi connectivity index (χ2n) is 4.30. The Labute approximate surface area is 108 Å². The van der Waals surface area contributed by atoms with Gasteiger partial charge in [-0.15, -0.1) is 11.3 Å². The van der Waals surface area contributed by atoms with Gasteiger partial charge < -0.3 is 11.1 Å². The zero-order chi connectivity index (χ0) is 11.8. The molecule has 0 saturated heterocycles. The highest BCUT2D eigenvalue weighted by Gasteiger charge is 2.30. The maximum atomic E-state index is 5.90. The number of nitrogens with one attached hydrogen (secondary N) is 1. The first-order valence-electron chi connectivity index (χ1n) is 5.64. The van der Waals surface area contributed by atoms with Gasteiger partial charge in [0.25, 0.3) is 0 Å². The Morgan fingerprint density at radius 2 is 2.35 bits per heavy atom. The maximum absolute atomic E-state index is 5.90. The maximum Gasteiger partial charge on any atom is 0.142 e. The molecule has 0 bridgehead atoms. The fraction of sp³-hybridized carbons (Fsp3) is 0.455. The average Bonchev–Trinajstić information content (AvgIpc) is 2.95. The van der Waals surface area contributed by atoms with Crippen LogP contribution in [0.25, 0.3) is 0 Å². The number of nitrogens with two attached hydrogens (primary N) is 1. The molecule has 1 aliphatic rings. The van der Waals surface area contributed by atoms with Crippen molar-refractivity contribution in [1.82, 2.24) is 9.36 Å². The zero-order valence-corrected chi connectivity index (χ0v) is 11.2. The van der Waals surface area contributed by atoms with Gasteiger partial charge in [0.05, 0.1) is 17.2 Å². The van der Waals surface area contributed by atoms with Crippen molar-refractivity contribution in [2.45, 2.75) is 32.2 Å². The Kier molecular flexibility index (Phi) is 2.76. The minimum atomic E-state index is 0.633. The predicted octanol–water partition coefficient (Wildman–Crippen LogP) is 2.98. The highest BCUT2D eigenvalue weighted by atomic mass is 32.1. The second-order valence-corrected chi connectivity index (χ2v) is 6.13. The summed E-state index contributed by atoms with van der Waals surface area (Å²) < 4.78 is 4.23. The van der Waals surface area contributed by atoms with Crippen molar-refractivity contribution in [2.24, 2.45) is 0 Å². The van der Waals surface area contributed by atoms with Gasteiger partial charge >= 0.3 is 0 Å². The van der Waals surface area contributed by atoms with Crippen LogP contribution in [0.1, 0.15) is 35.0 Å². The van der Waals surface area contributed by atoms with Crippen LogP contribution >= 0.6 is 22.9 Å². The lowest BCUT2D eigenvalue weighted by molar-refractivity contribution is 1.05. The summed E-state index contributed by atoms with van der Waals surface area (Å²) >= 11 is 3.14. The first-order valence-corrected chi connectivity index (χ1v) is 7.29. The Hall–Kier alpha value is -1.14. The van der Waals surface area contributed by atoms with E-state index >= 15 is 0 Å². The minimum absolute atomic E-state index is 0.633. The molecule has 0 radical (unpaired) electrons. The van der Waals surface area contributed by atoms with Gasteiger partial charge in [-0.2, -0.15) is 4.37 Å². The molecule has 0 spiro atoms. The lowest BCUT2D eigenvalue weighted by Crippen LogP contribution is -2.01. The molecular formula is C11H14N4S2. The Morgan fingerprint density at radius 3 is 3.00 bits per heavy atom. The van der Waals surface area contributed by atoms with Gasteiger partial charge in [0.2, 0.25) is 0 Å². The molecule has 2 aromatic heterocycles. The molecule has 17 heavy (non-hydrogen) atoms. The van der Waals surface area contributed by atoms with E-state index in [1.807, 2.05) is 6.92 Å². The Morgan fingerprint density at radius 1 is 1.53 bits per heavy atom. The van der Waals surface area contributed by atoms with Gasteiger partial charge in [0.15, 0.2) is 0 Å². The van der Waals surface area contributed by atoms with Gasteiger partial charge in [-0.3, -0.25) is 0 Å². The molecule has 0 unspecified atom stereocenters. The van der Waals surface area contributed by atoms with Gasteiger partial charge in [0.1, 0.15) is 10.8 Å². The first-order chi connectivity index (χ1) is 8.24. The number of anilines is 2. The van der Waals surface area contributed by atoms with Crippen molar-refractivity contribution in [3.63, 3.8) is 0 Å². The third-order valence-electron chi connectivity index (χ3n) is 2.84. The van der Waals surface area contributed by atoms with Crippen molar-refractivity contribution in [3.8, 4) is 0 Å². The van der Waals surface area contributed by atoms with Gasteiger partial charge in [-0.1, -0.05) is 0 Å². The SMILES string of the molecule is Cc1nc(CNc2snc(N)c2C2CC2)cs1. The van der Waals surface area contributed by atoms with Gasteiger partial charge in [-0.25, -0.2) is 4.98 Å². The van der Waals surface area contributed by atoms with E-state index in [-0.39, 0.29) is 0 Å². The van der Waals surface area contributed by atoms with E-state index in [4.69, 9.17) is 5.73 Å². The zero-order valence-electron chi connectivity index (χ0n) is 9.56. The van der Waals surface area contributed by atoms with Crippen molar-refractivity contribution < 1.29 is 0 Å². The van der Waals surface area contributed by atoms with Crippen LogP contribution < -0.4 is 11.1 Å². The van der Waals surface area contributed by atoms with Crippen molar-refractivity contribution >= 4 is 33.7 Å². The minimum Gasteiger partial charge on any atom is -0.383 e. The van der Waals surface area contributed by atoms with Crippen LogP contribution in [0.5, 0.6) is 0 Å². The van der Waals surface area contributed by atoms with E-state index in [0.29, 0.717) is 11.7 Å². The quantitative estimate of drug-likeness (QED) is 0.893. The van der Waals surface area contributed by atoms with Crippen molar-refractivity contribution in [2.75, 3.05) is 11.1 Å². The summed E-state index contributed by atoms with van der Waals surface area (Å²) in [5.74, 6) is 1.34. The number of aromatic nitrogens is 2. The van der Waals surface area contributed by atoms with Crippen molar-refractivity contribution in [1.29, 1.82) is 0 Å². The molecule has 6 heteroatoms. The molecule has 0 aliphatic heterocycles. The standard InChI is InChI=1S/C11H14N4S2/c1-6-14-8(5-16-6)4-13-11-9(7-2-3-7)10(12)15-17-11/h5,7,13H,2-4H2,1H3,(H2,12,15). The van der Waals surface area contributed by atoms with E-state index in [0.717, 1.165) is 22.2 Å². The molecule has 4 nitrogen and oxygen atoms in total. The topological polar surface area (TPSA) is 63.8 Å². The molecule has 0 atom stereocenters. The molecule has 0 aromatic carbocycles. The van der Waals surface area contributed by atoms with Crippen LogP contribution in [0.15, 0.2) is 5.38 Å². The summed E-state index contributed by atoms with van der Waals surface area (Å²) in [5, 5.41) is 7.72. The van der Waals surface area contributed by atoms with Crippen LogP contribution in [0.2, 0.25) is 0 Å². The molecule has 3 N–H and O–H groups in total. The summed E-state index contributed by atoms with van der Waals surface area (Å²) in [7, 11) is 0. The van der Waals surface area contributed by atoms with E-state index in [2.05, 4.69) is 20.1 Å². The molecule has 2 heterocycles. The number of nitrogens with zero attached hydrogens (tertiary/aromatic N) is 2. The number of aryl methyl sites for hydroxylation is 1. The number of nitrogen functional groups attached to an aromatic ring is 1. The number of hydrogen-bond donors (Lipinski definition) is 2. The predicted molar refractivity (Wildman–Crippen MR) is 72.7 cm³/mol. The monoisotopic (exact) mass is 266 g/mol. The lowest BCUT2D eigenvalue weighted by atomic mass is 10.2. The first kappa shape index (κ1) is 11.0. The van der Waals surface area contributed by atoms with Crippen LogP contribution in [-0.2, 0) is 6.54 Å². The normalized spacial score (nSPS) is 15.1. The number of hydrogen-bond acceptors (Lipinski definition) is 6. The van der Waals surface area contributed by atoms with Gasteiger partial charge in [-0.05, 0) is 37.2 Å². The van der Waals surface area contributed by atoms with Crippen LogP contribution in [0.4, 0.5) is 10.8 Å². The van der Waals surface area contributed by atoms with Gasteiger partial charge in [0, 0.05) is 10.9 Å². The highest BCUT2D eigenvalue weighted by Crippen LogP contribution is 2.47. The third-order valence-corrected chi connectivity index (χ3v) is 4.50. The second kappa shape index (κ2) is 4.27. The molecule has 1 fully saturated rings. The molecule has 0 amide bonds. The summed E-state index contributed by atoms with van der Waals surface area (Å²) in [6, 6.07) is 0. The lowest BCUT2D eigenvalue weighted by Gasteiger charge is -2.04.